The Morgan fingerprint density at radius 1 is 1.43 bits per heavy atom. The quantitative estimate of drug-likeness (QED) is 0.580. The van der Waals surface area contributed by atoms with Crippen LogP contribution in [0.4, 0.5) is 0 Å². The summed E-state index contributed by atoms with van der Waals surface area (Å²) < 4.78 is 6.41. The lowest BCUT2D eigenvalue weighted by atomic mass is 10.1. The standard InChI is InChI=1S/C16H19NO3S/c1-11(2)10-20-8-7-17-9-13-12-5-3-4-6-14(12)21-15(13)16(18)19/h3-6,17H,1,7-10H2,2H3,(H,18,19). The summed E-state index contributed by atoms with van der Waals surface area (Å²) in [7, 11) is 0. The third-order valence-corrected chi connectivity index (χ3v) is 4.17. The van der Waals surface area contributed by atoms with Gasteiger partial charge in [0.2, 0.25) is 0 Å². The van der Waals surface area contributed by atoms with E-state index in [2.05, 4.69) is 11.9 Å². The zero-order valence-electron chi connectivity index (χ0n) is 12.0. The van der Waals surface area contributed by atoms with Crippen molar-refractivity contribution in [2.75, 3.05) is 19.8 Å². The molecule has 2 N–H and O–H groups in total. The lowest BCUT2D eigenvalue weighted by Crippen LogP contribution is -2.20. The van der Waals surface area contributed by atoms with Crippen LogP contribution in [-0.4, -0.2) is 30.8 Å². The number of thiophene rings is 1. The zero-order valence-corrected chi connectivity index (χ0v) is 12.8. The van der Waals surface area contributed by atoms with E-state index in [0.29, 0.717) is 31.2 Å². The lowest BCUT2D eigenvalue weighted by molar-refractivity contribution is 0.0701. The van der Waals surface area contributed by atoms with Crippen molar-refractivity contribution in [2.45, 2.75) is 13.5 Å². The van der Waals surface area contributed by atoms with Gasteiger partial charge >= 0.3 is 5.97 Å². The van der Waals surface area contributed by atoms with E-state index in [9.17, 15) is 9.90 Å². The summed E-state index contributed by atoms with van der Waals surface area (Å²) in [5.74, 6) is -0.869. The molecule has 0 aliphatic carbocycles. The van der Waals surface area contributed by atoms with Gasteiger partial charge in [0.1, 0.15) is 4.88 Å². The molecule has 0 bridgehead atoms. The zero-order chi connectivity index (χ0) is 15.2. The van der Waals surface area contributed by atoms with E-state index in [1.807, 2.05) is 31.2 Å². The summed E-state index contributed by atoms with van der Waals surface area (Å²) >= 11 is 1.32. The molecule has 0 saturated heterocycles. The maximum atomic E-state index is 11.3. The van der Waals surface area contributed by atoms with Crippen LogP contribution in [0.25, 0.3) is 10.1 Å². The molecule has 21 heavy (non-hydrogen) atoms. The van der Waals surface area contributed by atoms with Crippen LogP contribution in [0.1, 0.15) is 22.2 Å². The Balaban J connectivity index is 1.99. The molecule has 0 radical (unpaired) electrons. The number of carboxylic acid groups (broad SMARTS) is 1. The number of rotatable bonds is 8. The van der Waals surface area contributed by atoms with Crippen LogP contribution in [0.3, 0.4) is 0 Å². The van der Waals surface area contributed by atoms with Crippen LogP contribution in [0.15, 0.2) is 36.4 Å². The van der Waals surface area contributed by atoms with Crippen molar-refractivity contribution in [3.63, 3.8) is 0 Å². The Hall–Kier alpha value is -1.69. The van der Waals surface area contributed by atoms with Crippen molar-refractivity contribution in [1.29, 1.82) is 0 Å². The first-order valence-corrected chi connectivity index (χ1v) is 7.57. The van der Waals surface area contributed by atoms with Gasteiger partial charge in [0.15, 0.2) is 0 Å². The first kappa shape index (κ1) is 15.7. The number of benzene rings is 1. The fourth-order valence-corrected chi connectivity index (χ4v) is 3.11. The van der Waals surface area contributed by atoms with Gasteiger partial charge in [-0.05, 0) is 23.9 Å². The van der Waals surface area contributed by atoms with E-state index >= 15 is 0 Å². The summed E-state index contributed by atoms with van der Waals surface area (Å²) in [4.78, 5) is 11.8. The molecule has 2 rings (SSSR count). The predicted octanol–water partition coefficient (Wildman–Crippen LogP) is 3.28. The van der Waals surface area contributed by atoms with Crippen LogP contribution in [0, 0.1) is 0 Å². The third kappa shape index (κ3) is 4.14. The van der Waals surface area contributed by atoms with Crippen LogP contribution in [0.5, 0.6) is 0 Å². The summed E-state index contributed by atoms with van der Waals surface area (Å²) in [6.45, 7) is 8.04. The van der Waals surface area contributed by atoms with Gasteiger partial charge in [-0.2, -0.15) is 0 Å². The topological polar surface area (TPSA) is 58.6 Å². The van der Waals surface area contributed by atoms with Gasteiger partial charge in [-0.1, -0.05) is 30.4 Å². The second-order valence-corrected chi connectivity index (χ2v) is 5.95. The number of nitrogens with one attached hydrogen (secondary N) is 1. The highest BCUT2D eigenvalue weighted by atomic mass is 32.1. The van der Waals surface area contributed by atoms with E-state index in [4.69, 9.17) is 4.74 Å². The highest BCUT2D eigenvalue weighted by Gasteiger charge is 2.16. The molecule has 0 unspecified atom stereocenters. The summed E-state index contributed by atoms with van der Waals surface area (Å²) in [6, 6.07) is 7.77. The fraction of sp³-hybridized carbons (Fsp3) is 0.312. The first-order valence-electron chi connectivity index (χ1n) is 6.76. The second-order valence-electron chi connectivity index (χ2n) is 4.90. The Bertz CT molecular complexity index is 648. The monoisotopic (exact) mass is 305 g/mol. The molecule has 0 aliphatic heterocycles. The van der Waals surface area contributed by atoms with Gasteiger partial charge in [-0.15, -0.1) is 11.3 Å². The minimum absolute atomic E-state index is 0.409. The summed E-state index contributed by atoms with van der Waals surface area (Å²) in [5.41, 5.74) is 1.84. The Kier molecular flexibility index (Phi) is 5.50. The lowest BCUT2D eigenvalue weighted by Gasteiger charge is -2.06. The number of carboxylic acids is 1. The first-order chi connectivity index (χ1) is 10.1. The van der Waals surface area contributed by atoms with Crippen molar-refractivity contribution in [2.24, 2.45) is 0 Å². The maximum absolute atomic E-state index is 11.3. The minimum atomic E-state index is -0.869. The largest absolute Gasteiger partial charge is 0.477 e. The minimum Gasteiger partial charge on any atom is -0.477 e. The molecule has 1 aromatic carbocycles. The van der Waals surface area contributed by atoms with E-state index in [-0.39, 0.29) is 0 Å². The molecular formula is C16H19NO3S. The smallest absolute Gasteiger partial charge is 0.346 e. The molecule has 0 fully saturated rings. The number of fused-ring (bicyclic) bond motifs is 1. The van der Waals surface area contributed by atoms with Gasteiger partial charge in [0.25, 0.3) is 0 Å². The molecule has 0 amide bonds. The number of hydrogen-bond donors (Lipinski definition) is 2. The highest BCUT2D eigenvalue weighted by molar-refractivity contribution is 7.21. The van der Waals surface area contributed by atoms with Gasteiger partial charge < -0.3 is 15.2 Å². The van der Waals surface area contributed by atoms with Crippen LogP contribution in [0.2, 0.25) is 0 Å². The van der Waals surface area contributed by atoms with Gasteiger partial charge in [-0.25, -0.2) is 4.79 Å². The summed E-state index contributed by atoms with van der Waals surface area (Å²) in [5, 5.41) is 13.6. The van der Waals surface area contributed by atoms with Gasteiger partial charge in [-0.3, -0.25) is 0 Å². The molecular weight excluding hydrogens is 286 g/mol. The molecule has 0 saturated carbocycles. The average molecular weight is 305 g/mol. The summed E-state index contributed by atoms with van der Waals surface area (Å²) in [6.07, 6.45) is 0. The van der Waals surface area contributed by atoms with Crippen molar-refractivity contribution < 1.29 is 14.6 Å². The Morgan fingerprint density at radius 3 is 2.90 bits per heavy atom. The Labute approximate surface area is 128 Å². The van der Waals surface area contributed by atoms with Crippen LogP contribution in [-0.2, 0) is 11.3 Å². The molecule has 2 aromatic rings. The van der Waals surface area contributed by atoms with Crippen molar-refractivity contribution in [1.82, 2.24) is 5.32 Å². The van der Waals surface area contributed by atoms with Crippen LogP contribution < -0.4 is 5.32 Å². The third-order valence-electron chi connectivity index (χ3n) is 2.97. The molecule has 0 aliphatic rings. The molecule has 5 heteroatoms. The average Bonchev–Trinajstić information content (AvgIpc) is 2.81. The van der Waals surface area contributed by atoms with Crippen molar-refractivity contribution in [3.05, 3.63) is 46.9 Å². The van der Waals surface area contributed by atoms with Crippen molar-refractivity contribution in [3.8, 4) is 0 Å². The number of ether oxygens (including phenoxy) is 1. The SMILES string of the molecule is C=C(C)COCCNCc1c(C(=O)O)sc2ccccc12. The number of hydrogen-bond acceptors (Lipinski definition) is 4. The molecule has 112 valence electrons. The predicted molar refractivity (Wildman–Crippen MR) is 86.1 cm³/mol. The van der Waals surface area contributed by atoms with Gasteiger partial charge in [0.05, 0.1) is 13.2 Å². The molecule has 0 spiro atoms. The maximum Gasteiger partial charge on any atom is 0.346 e. The number of aromatic carboxylic acids is 1. The van der Waals surface area contributed by atoms with Gasteiger partial charge in [0, 0.05) is 17.8 Å². The second kappa shape index (κ2) is 7.36. The molecule has 1 heterocycles. The fourth-order valence-electron chi connectivity index (χ4n) is 2.05. The molecule has 4 nitrogen and oxygen atoms in total. The number of carbonyl (C=O) groups is 1. The van der Waals surface area contributed by atoms with E-state index in [1.165, 1.54) is 11.3 Å². The highest BCUT2D eigenvalue weighted by Crippen LogP contribution is 2.31. The molecule has 1 aromatic heterocycles. The normalized spacial score (nSPS) is 10.9. The van der Waals surface area contributed by atoms with E-state index in [0.717, 1.165) is 21.2 Å². The Morgan fingerprint density at radius 2 is 2.19 bits per heavy atom. The van der Waals surface area contributed by atoms with E-state index in [1.54, 1.807) is 0 Å². The van der Waals surface area contributed by atoms with E-state index < -0.39 is 5.97 Å². The molecule has 0 atom stereocenters. The van der Waals surface area contributed by atoms with Crippen LogP contribution >= 0.6 is 11.3 Å². The van der Waals surface area contributed by atoms with Crippen molar-refractivity contribution >= 4 is 27.4 Å².